The Morgan fingerprint density at radius 2 is 2.21 bits per heavy atom. The molecule has 1 heterocycles. The lowest BCUT2D eigenvalue weighted by Gasteiger charge is -2.00. The van der Waals surface area contributed by atoms with E-state index in [1.165, 1.54) is 11.3 Å². The quantitative estimate of drug-likeness (QED) is 0.576. The molecule has 0 radical (unpaired) electrons. The summed E-state index contributed by atoms with van der Waals surface area (Å²) in [6.07, 6.45) is 1.66. The lowest BCUT2D eigenvalue weighted by molar-refractivity contribution is 0.643. The summed E-state index contributed by atoms with van der Waals surface area (Å²) in [5, 5.41) is 10.0. The molecule has 0 atom stereocenters. The van der Waals surface area contributed by atoms with E-state index in [0.29, 0.717) is 15.6 Å². The molecule has 0 amide bonds. The van der Waals surface area contributed by atoms with Gasteiger partial charge in [0.1, 0.15) is 16.6 Å². The van der Waals surface area contributed by atoms with Crippen molar-refractivity contribution in [2.45, 2.75) is 6.92 Å². The van der Waals surface area contributed by atoms with Gasteiger partial charge < -0.3 is 4.90 Å². The van der Waals surface area contributed by atoms with Crippen LogP contribution in [-0.2, 0) is 0 Å². The zero-order valence-corrected chi connectivity index (χ0v) is 9.78. The van der Waals surface area contributed by atoms with Crippen LogP contribution >= 0.6 is 22.9 Å². The minimum absolute atomic E-state index is 0.465. The van der Waals surface area contributed by atoms with E-state index in [-0.39, 0.29) is 0 Å². The molecule has 1 aromatic heterocycles. The molecule has 0 aliphatic heterocycles. The summed E-state index contributed by atoms with van der Waals surface area (Å²) in [5.74, 6) is 0. The first-order chi connectivity index (χ1) is 6.56. The van der Waals surface area contributed by atoms with Crippen molar-refractivity contribution in [3.8, 4) is 6.07 Å². The highest BCUT2D eigenvalue weighted by atomic mass is 35.5. The molecule has 0 spiro atoms. The number of thiophene rings is 1. The van der Waals surface area contributed by atoms with Crippen LogP contribution < -0.4 is 0 Å². The normalized spacial score (nSPS) is 10.5. The molecule has 1 aromatic rings. The predicted octanol–water partition coefficient (Wildman–Crippen LogP) is 2.80. The fraction of sp³-hybridized carbons (Fsp3) is 0.333. The van der Waals surface area contributed by atoms with Gasteiger partial charge in [-0.25, -0.2) is 4.99 Å². The zero-order chi connectivity index (χ0) is 10.7. The Kier molecular flexibility index (Phi) is 3.50. The summed E-state index contributed by atoms with van der Waals surface area (Å²) in [5.41, 5.74) is 0.465. The van der Waals surface area contributed by atoms with Crippen molar-refractivity contribution in [3.63, 3.8) is 0 Å². The monoisotopic (exact) mass is 227 g/mol. The summed E-state index contributed by atoms with van der Waals surface area (Å²) in [6, 6.07) is 2.05. The van der Waals surface area contributed by atoms with Gasteiger partial charge in [0.25, 0.3) is 0 Å². The molecule has 14 heavy (non-hydrogen) atoms. The smallest absolute Gasteiger partial charge is 0.137 e. The summed E-state index contributed by atoms with van der Waals surface area (Å²) >= 11 is 7.36. The van der Waals surface area contributed by atoms with Gasteiger partial charge in [0, 0.05) is 19.0 Å². The molecule has 5 heteroatoms. The average Bonchev–Trinajstić information content (AvgIpc) is 2.39. The van der Waals surface area contributed by atoms with Gasteiger partial charge in [-0.3, -0.25) is 0 Å². The van der Waals surface area contributed by atoms with Crippen LogP contribution in [-0.4, -0.2) is 25.3 Å². The maximum atomic E-state index is 8.86. The molecule has 1 rings (SSSR count). The van der Waals surface area contributed by atoms with E-state index in [0.717, 1.165) is 4.88 Å². The number of halogens is 1. The molecule has 0 bridgehead atoms. The molecule has 0 aliphatic rings. The van der Waals surface area contributed by atoms with Crippen LogP contribution in [0.1, 0.15) is 10.4 Å². The van der Waals surface area contributed by atoms with Crippen LogP contribution in [0.4, 0.5) is 5.00 Å². The van der Waals surface area contributed by atoms with Crippen molar-refractivity contribution in [2.75, 3.05) is 14.1 Å². The Balaban J connectivity index is 3.11. The number of aryl methyl sites for hydroxylation is 1. The molecule has 0 saturated heterocycles. The topological polar surface area (TPSA) is 39.4 Å². The van der Waals surface area contributed by atoms with E-state index in [2.05, 4.69) is 11.1 Å². The fourth-order valence-corrected chi connectivity index (χ4v) is 2.00. The van der Waals surface area contributed by atoms with Crippen molar-refractivity contribution in [1.29, 1.82) is 5.26 Å². The molecule has 0 N–H and O–H groups in total. The van der Waals surface area contributed by atoms with Crippen LogP contribution in [0.25, 0.3) is 0 Å². The highest BCUT2D eigenvalue weighted by molar-refractivity contribution is 7.16. The minimum atomic E-state index is 0.465. The molecule has 3 nitrogen and oxygen atoms in total. The SMILES string of the molecule is Cc1sc(N=CN(C)C)c(C#N)c1Cl. The number of nitriles is 1. The number of nitrogens with zero attached hydrogens (tertiary/aromatic N) is 3. The van der Waals surface area contributed by atoms with Crippen LogP contribution in [0.3, 0.4) is 0 Å². The number of hydrogen-bond donors (Lipinski definition) is 0. The summed E-state index contributed by atoms with van der Waals surface area (Å²) in [7, 11) is 3.75. The van der Waals surface area contributed by atoms with E-state index in [4.69, 9.17) is 16.9 Å². The van der Waals surface area contributed by atoms with E-state index >= 15 is 0 Å². The second-order valence-electron chi connectivity index (χ2n) is 2.97. The van der Waals surface area contributed by atoms with Gasteiger partial charge in [-0.05, 0) is 6.92 Å². The van der Waals surface area contributed by atoms with Gasteiger partial charge in [0.2, 0.25) is 0 Å². The Bertz CT molecular complexity index is 401. The van der Waals surface area contributed by atoms with Crippen LogP contribution in [0.15, 0.2) is 4.99 Å². The lowest BCUT2D eigenvalue weighted by atomic mass is 10.3. The van der Waals surface area contributed by atoms with E-state index in [9.17, 15) is 0 Å². The first-order valence-electron chi connectivity index (χ1n) is 3.96. The molecular weight excluding hydrogens is 218 g/mol. The third kappa shape index (κ3) is 2.25. The lowest BCUT2D eigenvalue weighted by Crippen LogP contribution is -2.06. The molecule has 0 aliphatic carbocycles. The highest BCUT2D eigenvalue weighted by Gasteiger charge is 2.12. The second-order valence-corrected chi connectivity index (χ2v) is 4.55. The Morgan fingerprint density at radius 1 is 1.57 bits per heavy atom. The Labute approximate surface area is 92.2 Å². The highest BCUT2D eigenvalue weighted by Crippen LogP contribution is 2.37. The summed E-state index contributed by atoms with van der Waals surface area (Å²) < 4.78 is 0. The van der Waals surface area contributed by atoms with Gasteiger partial charge in [0.05, 0.1) is 11.4 Å². The van der Waals surface area contributed by atoms with E-state index in [1.54, 1.807) is 6.34 Å². The van der Waals surface area contributed by atoms with Crippen molar-refractivity contribution in [2.24, 2.45) is 4.99 Å². The van der Waals surface area contributed by atoms with Gasteiger partial charge in [-0.15, -0.1) is 11.3 Å². The molecule has 0 unspecified atom stereocenters. The first kappa shape index (κ1) is 11.0. The van der Waals surface area contributed by atoms with Crippen LogP contribution in [0, 0.1) is 18.3 Å². The van der Waals surface area contributed by atoms with Crippen molar-refractivity contribution < 1.29 is 0 Å². The maximum Gasteiger partial charge on any atom is 0.137 e. The summed E-state index contributed by atoms with van der Waals surface area (Å²) in [4.78, 5) is 6.91. The third-order valence-corrected chi connectivity index (χ3v) is 3.11. The number of aliphatic imine (C=N–C) groups is 1. The Hall–Kier alpha value is -1.05. The standard InChI is InChI=1S/C9H10ClN3S/c1-6-8(10)7(4-11)9(14-6)12-5-13(2)3/h5H,1-3H3. The first-order valence-corrected chi connectivity index (χ1v) is 5.15. The van der Waals surface area contributed by atoms with Gasteiger partial charge in [-0.2, -0.15) is 5.26 Å². The molecule has 0 fully saturated rings. The van der Waals surface area contributed by atoms with E-state index < -0.39 is 0 Å². The number of rotatable bonds is 2. The molecule has 0 saturated carbocycles. The molecule has 74 valence electrons. The Morgan fingerprint density at radius 3 is 2.71 bits per heavy atom. The number of hydrogen-bond acceptors (Lipinski definition) is 3. The van der Waals surface area contributed by atoms with E-state index in [1.807, 2.05) is 25.9 Å². The maximum absolute atomic E-state index is 8.86. The summed E-state index contributed by atoms with van der Waals surface area (Å²) in [6.45, 7) is 1.88. The predicted molar refractivity (Wildman–Crippen MR) is 60.6 cm³/mol. The van der Waals surface area contributed by atoms with Gasteiger partial charge in [0.15, 0.2) is 0 Å². The van der Waals surface area contributed by atoms with Crippen LogP contribution in [0.5, 0.6) is 0 Å². The minimum Gasteiger partial charge on any atom is -0.369 e. The fourth-order valence-electron chi connectivity index (χ4n) is 0.866. The molecule has 0 aromatic carbocycles. The van der Waals surface area contributed by atoms with Gasteiger partial charge >= 0.3 is 0 Å². The second kappa shape index (κ2) is 4.45. The average molecular weight is 228 g/mol. The largest absolute Gasteiger partial charge is 0.369 e. The zero-order valence-electron chi connectivity index (χ0n) is 8.21. The van der Waals surface area contributed by atoms with Crippen molar-refractivity contribution >= 4 is 34.3 Å². The third-order valence-electron chi connectivity index (χ3n) is 1.51. The van der Waals surface area contributed by atoms with Crippen LogP contribution in [0.2, 0.25) is 5.02 Å². The van der Waals surface area contributed by atoms with Gasteiger partial charge in [-0.1, -0.05) is 11.6 Å². The van der Waals surface area contributed by atoms with Crippen molar-refractivity contribution in [1.82, 2.24) is 4.90 Å². The van der Waals surface area contributed by atoms with Crippen molar-refractivity contribution in [3.05, 3.63) is 15.5 Å². The molecular formula is C9H10ClN3S.